The van der Waals surface area contributed by atoms with E-state index in [1.165, 1.54) is 16.9 Å². The number of hydrogen-bond donors (Lipinski definition) is 1. The first-order valence-corrected chi connectivity index (χ1v) is 5.06. The Bertz CT molecular complexity index is 284. The predicted molar refractivity (Wildman–Crippen MR) is 56.3 cm³/mol. The quantitative estimate of drug-likeness (QED) is 0.602. The van der Waals surface area contributed by atoms with Crippen molar-refractivity contribution in [2.24, 2.45) is 4.99 Å². The molecule has 0 unspecified atom stereocenters. The van der Waals surface area contributed by atoms with Gasteiger partial charge in [0.05, 0.1) is 0 Å². The molecule has 0 radical (unpaired) electrons. The zero-order valence-corrected chi connectivity index (χ0v) is 8.78. The molecule has 1 fully saturated rings. The lowest BCUT2D eigenvalue weighted by Crippen LogP contribution is -2.48. The molecule has 0 amide bonds. The molecule has 1 saturated heterocycles. The number of piperidine rings is 1. The van der Waals surface area contributed by atoms with Crippen molar-refractivity contribution in [3.05, 3.63) is 11.1 Å². The fourth-order valence-electron chi connectivity index (χ4n) is 2.08. The molecular formula is C11H18N2. The maximum absolute atomic E-state index is 4.62. The fraction of sp³-hybridized carbons (Fsp3) is 0.727. The highest BCUT2D eigenvalue weighted by Gasteiger charge is 2.29. The second-order valence-corrected chi connectivity index (χ2v) is 4.75. The minimum Gasteiger partial charge on any atom is -0.307 e. The number of nitrogens with zero attached hydrogens (tertiary/aromatic N) is 1. The van der Waals surface area contributed by atoms with E-state index >= 15 is 0 Å². The average Bonchev–Trinajstić information content (AvgIpc) is 2.02. The molecule has 13 heavy (non-hydrogen) atoms. The number of fused-ring (bicyclic) bond motifs is 1. The highest BCUT2D eigenvalue weighted by atomic mass is 15.0. The third-order valence-corrected chi connectivity index (χ3v) is 3.01. The molecule has 2 heteroatoms. The topological polar surface area (TPSA) is 24.4 Å². The lowest BCUT2D eigenvalue weighted by Gasteiger charge is -2.36. The van der Waals surface area contributed by atoms with Crippen LogP contribution in [0.1, 0.15) is 33.6 Å². The first kappa shape index (κ1) is 8.95. The van der Waals surface area contributed by atoms with Gasteiger partial charge in [0.15, 0.2) is 0 Å². The third-order valence-electron chi connectivity index (χ3n) is 3.01. The van der Waals surface area contributed by atoms with Gasteiger partial charge in [0.25, 0.3) is 0 Å². The van der Waals surface area contributed by atoms with Crippen LogP contribution in [-0.4, -0.2) is 24.3 Å². The van der Waals surface area contributed by atoms with Crippen molar-refractivity contribution in [2.75, 3.05) is 13.1 Å². The Hall–Kier alpha value is -0.630. The summed E-state index contributed by atoms with van der Waals surface area (Å²) in [7, 11) is 0. The summed E-state index contributed by atoms with van der Waals surface area (Å²) in [5.74, 6) is 0. The molecule has 1 N–H and O–H groups in total. The highest BCUT2D eigenvalue weighted by molar-refractivity contribution is 6.03. The molecule has 0 saturated carbocycles. The Morgan fingerprint density at radius 1 is 1.38 bits per heavy atom. The number of rotatable bonds is 0. The molecule has 0 bridgehead atoms. The summed E-state index contributed by atoms with van der Waals surface area (Å²) in [6.07, 6.45) is 2.24. The van der Waals surface area contributed by atoms with Gasteiger partial charge in [-0.15, -0.1) is 0 Å². The van der Waals surface area contributed by atoms with Crippen LogP contribution in [0.15, 0.2) is 16.1 Å². The summed E-state index contributed by atoms with van der Waals surface area (Å²) < 4.78 is 0. The highest BCUT2D eigenvalue weighted by Crippen LogP contribution is 2.25. The number of dihydropyridines is 1. The van der Waals surface area contributed by atoms with Crippen molar-refractivity contribution >= 4 is 5.71 Å². The van der Waals surface area contributed by atoms with Crippen molar-refractivity contribution in [2.45, 2.75) is 39.2 Å². The predicted octanol–water partition coefficient (Wildman–Crippen LogP) is 1.92. The molecule has 0 aliphatic carbocycles. The molecule has 2 heterocycles. The largest absolute Gasteiger partial charge is 0.307 e. The van der Waals surface area contributed by atoms with Crippen LogP contribution in [0.25, 0.3) is 0 Å². The van der Waals surface area contributed by atoms with Crippen LogP contribution < -0.4 is 5.32 Å². The van der Waals surface area contributed by atoms with E-state index in [0.29, 0.717) is 0 Å². The summed E-state index contributed by atoms with van der Waals surface area (Å²) in [6, 6.07) is 0. The molecule has 72 valence electrons. The molecule has 2 aliphatic heterocycles. The monoisotopic (exact) mass is 178 g/mol. The second kappa shape index (κ2) is 2.95. The fourth-order valence-corrected chi connectivity index (χ4v) is 2.08. The van der Waals surface area contributed by atoms with Gasteiger partial charge in [-0.2, -0.15) is 0 Å². The smallest absolute Gasteiger partial charge is 0.0430 e. The minimum atomic E-state index is 0.236. The van der Waals surface area contributed by atoms with E-state index in [1.54, 1.807) is 0 Å². The minimum absolute atomic E-state index is 0.236. The third kappa shape index (κ3) is 1.68. The Kier molecular flexibility index (Phi) is 2.03. The van der Waals surface area contributed by atoms with Crippen molar-refractivity contribution in [1.82, 2.24) is 5.32 Å². The number of hydrogen-bond acceptors (Lipinski definition) is 2. The standard InChI is InChI=1S/C11H18N2/c1-8-4-5-12-10-6-11(2,3)13-7-9(8)10/h13H,4-7H2,1-3H3. The number of nitrogens with one attached hydrogen (secondary N) is 1. The van der Waals surface area contributed by atoms with Crippen LogP contribution in [0.3, 0.4) is 0 Å². The first-order valence-electron chi connectivity index (χ1n) is 5.06. The molecule has 2 rings (SSSR count). The summed E-state index contributed by atoms with van der Waals surface area (Å²) in [5, 5.41) is 3.55. The maximum Gasteiger partial charge on any atom is 0.0430 e. The van der Waals surface area contributed by atoms with Gasteiger partial charge in [0.2, 0.25) is 0 Å². The van der Waals surface area contributed by atoms with Gasteiger partial charge in [-0.05, 0) is 32.8 Å². The van der Waals surface area contributed by atoms with E-state index in [4.69, 9.17) is 0 Å². The van der Waals surface area contributed by atoms with E-state index in [0.717, 1.165) is 25.9 Å². The second-order valence-electron chi connectivity index (χ2n) is 4.75. The van der Waals surface area contributed by atoms with E-state index in [-0.39, 0.29) is 5.54 Å². The molecule has 0 aromatic heterocycles. The molecular weight excluding hydrogens is 160 g/mol. The van der Waals surface area contributed by atoms with Gasteiger partial charge in [-0.1, -0.05) is 5.57 Å². The molecule has 2 nitrogen and oxygen atoms in total. The van der Waals surface area contributed by atoms with Crippen LogP contribution in [0, 0.1) is 0 Å². The van der Waals surface area contributed by atoms with Crippen LogP contribution in [0.2, 0.25) is 0 Å². The van der Waals surface area contributed by atoms with Gasteiger partial charge in [-0.25, -0.2) is 0 Å². The van der Waals surface area contributed by atoms with Crippen LogP contribution in [0.5, 0.6) is 0 Å². The van der Waals surface area contributed by atoms with Gasteiger partial charge in [-0.3, -0.25) is 4.99 Å². The van der Waals surface area contributed by atoms with Crippen molar-refractivity contribution in [3.8, 4) is 0 Å². The summed E-state index contributed by atoms with van der Waals surface area (Å²) >= 11 is 0. The Morgan fingerprint density at radius 3 is 2.92 bits per heavy atom. The van der Waals surface area contributed by atoms with E-state index < -0.39 is 0 Å². The summed E-state index contributed by atoms with van der Waals surface area (Å²) in [4.78, 5) is 4.62. The van der Waals surface area contributed by atoms with Gasteiger partial charge in [0, 0.05) is 30.8 Å². The van der Waals surface area contributed by atoms with E-state index in [9.17, 15) is 0 Å². The van der Waals surface area contributed by atoms with Gasteiger partial charge in [0.1, 0.15) is 0 Å². The van der Waals surface area contributed by atoms with Gasteiger partial charge >= 0.3 is 0 Å². The van der Waals surface area contributed by atoms with Crippen molar-refractivity contribution < 1.29 is 0 Å². The van der Waals surface area contributed by atoms with Crippen LogP contribution in [-0.2, 0) is 0 Å². The SMILES string of the molecule is CC1=C2CNC(C)(C)CC2=NCC1. The van der Waals surface area contributed by atoms with Gasteiger partial charge < -0.3 is 5.32 Å². The summed E-state index contributed by atoms with van der Waals surface area (Å²) in [6.45, 7) is 8.74. The zero-order chi connectivity index (χ0) is 9.47. The average molecular weight is 178 g/mol. The van der Waals surface area contributed by atoms with Crippen LogP contribution >= 0.6 is 0 Å². The lowest BCUT2D eigenvalue weighted by atomic mass is 9.85. The first-order chi connectivity index (χ1) is 6.08. The van der Waals surface area contributed by atoms with Crippen molar-refractivity contribution in [3.63, 3.8) is 0 Å². The van der Waals surface area contributed by atoms with E-state index in [2.05, 4.69) is 31.1 Å². The Balaban J connectivity index is 2.27. The lowest BCUT2D eigenvalue weighted by molar-refractivity contribution is 0.403. The Labute approximate surface area is 80.1 Å². The Morgan fingerprint density at radius 2 is 2.15 bits per heavy atom. The number of aliphatic imine (C=N–C) groups is 1. The molecule has 0 aromatic carbocycles. The summed E-state index contributed by atoms with van der Waals surface area (Å²) in [5.41, 5.74) is 4.60. The maximum atomic E-state index is 4.62. The molecule has 0 atom stereocenters. The van der Waals surface area contributed by atoms with E-state index in [1.807, 2.05) is 0 Å². The normalized spacial score (nSPS) is 26.8. The van der Waals surface area contributed by atoms with Crippen LogP contribution in [0.4, 0.5) is 0 Å². The van der Waals surface area contributed by atoms with Crippen molar-refractivity contribution in [1.29, 1.82) is 0 Å². The molecule has 2 aliphatic rings. The zero-order valence-electron chi connectivity index (χ0n) is 8.78. The molecule has 0 aromatic rings. The molecule has 0 spiro atoms.